The molecule has 2 aromatic rings. The molecule has 2 N–H and O–H groups in total. The summed E-state index contributed by atoms with van der Waals surface area (Å²) in [6.07, 6.45) is 1.57. The second kappa shape index (κ2) is 8.23. The van der Waals surface area contributed by atoms with E-state index in [0.717, 1.165) is 24.2 Å². The SMILES string of the molecule is CC(Nc1cccc(CN2CCCC2=O)c1)C(=O)Nc1cccc(Cl)c1. The maximum absolute atomic E-state index is 12.4. The van der Waals surface area contributed by atoms with Gasteiger partial charge in [-0.2, -0.15) is 0 Å². The fourth-order valence-corrected chi connectivity index (χ4v) is 3.17. The van der Waals surface area contributed by atoms with Crippen LogP contribution in [0, 0.1) is 0 Å². The fraction of sp³-hybridized carbons (Fsp3) is 0.300. The quantitative estimate of drug-likeness (QED) is 0.809. The van der Waals surface area contributed by atoms with Crippen LogP contribution in [0.4, 0.5) is 11.4 Å². The summed E-state index contributed by atoms with van der Waals surface area (Å²) in [6.45, 7) is 3.23. The van der Waals surface area contributed by atoms with Gasteiger partial charge in [-0.15, -0.1) is 0 Å². The van der Waals surface area contributed by atoms with Crippen molar-refractivity contribution in [3.63, 3.8) is 0 Å². The lowest BCUT2D eigenvalue weighted by Gasteiger charge is -2.18. The first-order chi connectivity index (χ1) is 12.5. The van der Waals surface area contributed by atoms with E-state index in [2.05, 4.69) is 10.6 Å². The van der Waals surface area contributed by atoms with Crippen LogP contribution in [0.1, 0.15) is 25.3 Å². The van der Waals surface area contributed by atoms with E-state index in [1.807, 2.05) is 29.2 Å². The predicted octanol–water partition coefficient (Wildman–Crippen LogP) is 3.90. The molecular formula is C20H22ClN3O2. The van der Waals surface area contributed by atoms with Crippen molar-refractivity contribution in [1.82, 2.24) is 4.90 Å². The number of hydrogen-bond acceptors (Lipinski definition) is 3. The molecule has 5 nitrogen and oxygen atoms in total. The van der Waals surface area contributed by atoms with E-state index in [1.54, 1.807) is 31.2 Å². The van der Waals surface area contributed by atoms with E-state index < -0.39 is 6.04 Å². The Morgan fingerprint density at radius 3 is 2.69 bits per heavy atom. The van der Waals surface area contributed by atoms with Crippen LogP contribution in [0.2, 0.25) is 5.02 Å². The van der Waals surface area contributed by atoms with Gasteiger partial charge in [0.1, 0.15) is 6.04 Å². The molecule has 1 fully saturated rings. The van der Waals surface area contributed by atoms with E-state index in [4.69, 9.17) is 11.6 Å². The number of nitrogens with zero attached hydrogens (tertiary/aromatic N) is 1. The first kappa shape index (κ1) is 18.3. The van der Waals surface area contributed by atoms with Gasteiger partial charge in [-0.3, -0.25) is 9.59 Å². The molecule has 136 valence electrons. The molecule has 1 unspecified atom stereocenters. The Labute approximate surface area is 158 Å². The molecule has 2 amide bonds. The highest BCUT2D eigenvalue weighted by atomic mass is 35.5. The standard InChI is InChI=1S/C20H22ClN3O2/c1-14(20(26)23-18-8-3-6-16(21)12-18)22-17-7-2-5-15(11-17)13-24-10-4-9-19(24)25/h2-3,5-8,11-12,14,22H,4,9-10,13H2,1H3,(H,23,26). The number of carbonyl (C=O) groups excluding carboxylic acids is 2. The summed E-state index contributed by atoms with van der Waals surface area (Å²) in [5.41, 5.74) is 2.56. The van der Waals surface area contributed by atoms with E-state index in [9.17, 15) is 9.59 Å². The molecule has 1 aliphatic rings. The van der Waals surface area contributed by atoms with Crippen LogP contribution in [0.15, 0.2) is 48.5 Å². The Morgan fingerprint density at radius 1 is 1.19 bits per heavy atom. The van der Waals surface area contributed by atoms with Gasteiger partial charge >= 0.3 is 0 Å². The number of likely N-dealkylation sites (tertiary alicyclic amines) is 1. The molecule has 1 aliphatic heterocycles. The molecule has 0 aromatic heterocycles. The number of halogens is 1. The third-order valence-electron chi connectivity index (χ3n) is 4.34. The molecule has 1 heterocycles. The molecule has 3 rings (SSSR count). The number of benzene rings is 2. The molecule has 0 spiro atoms. The van der Waals surface area contributed by atoms with Gasteiger partial charge in [0.15, 0.2) is 0 Å². The zero-order chi connectivity index (χ0) is 18.5. The van der Waals surface area contributed by atoms with Crippen molar-refractivity contribution in [2.45, 2.75) is 32.4 Å². The van der Waals surface area contributed by atoms with Gasteiger partial charge in [0.25, 0.3) is 0 Å². The summed E-state index contributed by atoms with van der Waals surface area (Å²) in [5.74, 6) is 0.0602. The van der Waals surface area contributed by atoms with E-state index in [-0.39, 0.29) is 11.8 Å². The zero-order valence-corrected chi connectivity index (χ0v) is 15.4. The molecule has 0 aliphatic carbocycles. The average Bonchev–Trinajstić information content (AvgIpc) is 3.00. The lowest BCUT2D eigenvalue weighted by molar-refractivity contribution is -0.128. The molecule has 1 saturated heterocycles. The summed E-state index contributed by atoms with van der Waals surface area (Å²) in [6, 6.07) is 14.5. The maximum atomic E-state index is 12.4. The van der Waals surface area contributed by atoms with Crippen LogP contribution in [-0.4, -0.2) is 29.3 Å². The van der Waals surface area contributed by atoms with Crippen molar-refractivity contribution < 1.29 is 9.59 Å². The van der Waals surface area contributed by atoms with Crippen LogP contribution in [0.25, 0.3) is 0 Å². The topological polar surface area (TPSA) is 61.4 Å². The Morgan fingerprint density at radius 2 is 1.96 bits per heavy atom. The van der Waals surface area contributed by atoms with E-state index in [0.29, 0.717) is 23.7 Å². The van der Waals surface area contributed by atoms with E-state index >= 15 is 0 Å². The highest BCUT2D eigenvalue weighted by Crippen LogP contribution is 2.19. The highest BCUT2D eigenvalue weighted by molar-refractivity contribution is 6.30. The number of hydrogen-bond donors (Lipinski definition) is 2. The van der Waals surface area contributed by atoms with Gasteiger partial charge in [0, 0.05) is 35.9 Å². The molecule has 26 heavy (non-hydrogen) atoms. The molecule has 1 atom stereocenters. The van der Waals surface area contributed by atoms with Crippen LogP contribution in [0.3, 0.4) is 0 Å². The Bertz CT molecular complexity index is 809. The van der Waals surface area contributed by atoms with Gasteiger partial charge in [0.2, 0.25) is 11.8 Å². The minimum Gasteiger partial charge on any atom is -0.374 e. The Hall–Kier alpha value is -2.53. The molecule has 0 saturated carbocycles. The second-order valence-electron chi connectivity index (χ2n) is 6.48. The summed E-state index contributed by atoms with van der Waals surface area (Å²) in [4.78, 5) is 26.0. The van der Waals surface area contributed by atoms with Crippen molar-refractivity contribution in [2.24, 2.45) is 0 Å². The Kier molecular flexibility index (Phi) is 5.78. The van der Waals surface area contributed by atoms with Gasteiger partial charge < -0.3 is 15.5 Å². The number of amides is 2. The molecule has 0 radical (unpaired) electrons. The van der Waals surface area contributed by atoms with Gasteiger partial charge in [-0.05, 0) is 49.2 Å². The van der Waals surface area contributed by atoms with Crippen LogP contribution in [0.5, 0.6) is 0 Å². The predicted molar refractivity (Wildman–Crippen MR) is 104 cm³/mol. The Balaban J connectivity index is 1.59. The number of rotatable bonds is 6. The van der Waals surface area contributed by atoms with Crippen LogP contribution >= 0.6 is 11.6 Å². The molecule has 2 aromatic carbocycles. The minimum atomic E-state index is -0.419. The van der Waals surface area contributed by atoms with Gasteiger partial charge in [0.05, 0.1) is 0 Å². The van der Waals surface area contributed by atoms with Crippen LogP contribution in [-0.2, 0) is 16.1 Å². The van der Waals surface area contributed by atoms with Crippen molar-refractivity contribution in [2.75, 3.05) is 17.2 Å². The van der Waals surface area contributed by atoms with Crippen LogP contribution < -0.4 is 10.6 Å². The van der Waals surface area contributed by atoms with Crippen molar-refractivity contribution in [1.29, 1.82) is 0 Å². The summed E-state index contributed by atoms with van der Waals surface area (Å²) >= 11 is 5.94. The minimum absolute atomic E-state index is 0.146. The third kappa shape index (κ3) is 4.76. The number of nitrogens with one attached hydrogen (secondary N) is 2. The van der Waals surface area contributed by atoms with Crippen molar-refractivity contribution in [3.8, 4) is 0 Å². The lowest BCUT2D eigenvalue weighted by atomic mass is 10.1. The second-order valence-corrected chi connectivity index (χ2v) is 6.92. The molecule has 0 bridgehead atoms. The van der Waals surface area contributed by atoms with E-state index in [1.165, 1.54) is 0 Å². The molecule has 6 heteroatoms. The lowest BCUT2D eigenvalue weighted by Crippen LogP contribution is -2.32. The van der Waals surface area contributed by atoms with Gasteiger partial charge in [-0.25, -0.2) is 0 Å². The summed E-state index contributed by atoms with van der Waals surface area (Å²) in [7, 11) is 0. The summed E-state index contributed by atoms with van der Waals surface area (Å²) in [5, 5.41) is 6.62. The first-order valence-corrected chi connectivity index (χ1v) is 9.09. The normalized spacial score (nSPS) is 15.0. The van der Waals surface area contributed by atoms with Crippen molar-refractivity contribution in [3.05, 3.63) is 59.1 Å². The fourth-order valence-electron chi connectivity index (χ4n) is 2.98. The smallest absolute Gasteiger partial charge is 0.246 e. The maximum Gasteiger partial charge on any atom is 0.246 e. The van der Waals surface area contributed by atoms with Gasteiger partial charge in [-0.1, -0.05) is 29.8 Å². The highest BCUT2D eigenvalue weighted by Gasteiger charge is 2.20. The number of carbonyl (C=O) groups is 2. The monoisotopic (exact) mass is 371 g/mol. The molecular weight excluding hydrogens is 350 g/mol. The number of anilines is 2. The van der Waals surface area contributed by atoms with Crippen molar-refractivity contribution >= 4 is 34.8 Å². The largest absolute Gasteiger partial charge is 0.374 e. The average molecular weight is 372 g/mol. The summed E-state index contributed by atoms with van der Waals surface area (Å²) < 4.78 is 0. The zero-order valence-electron chi connectivity index (χ0n) is 14.7. The third-order valence-corrected chi connectivity index (χ3v) is 4.58. The first-order valence-electron chi connectivity index (χ1n) is 8.71.